The van der Waals surface area contributed by atoms with Crippen molar-refractivity contribution in [2.24, 2.45) is 0 Å². The van der Waals surface area contributed by atoms with Gasteiger partial charge in [0.25, 0.3) is 5.91 Å². The van der Waals surface area contributed by atoms with Gasteiger partial charge in [0.15, 0.2) is 5.43 Å². The monoisotopic (exact) mass is 250 g/mol. The van der Waals surface area contributed by atoms with Crippen molar-refractivity contribution in [3.05, 3.63) is 33.7 Å². The zero-order valence-corrected chi connectivity index (χ0v) is 10.5. The molecule has 1 aliphatic rings. The molecule has 5 heteroatoms. The number of rotatable bonds is 3. The highest BCUT2D eigenvalue weighted by atomic mass is 16.3. The normalized spacial score (nSPS) is 17.7. The van der Waals surface area contributed by atoms with Crippen LogP contribution in [-0.4, -0.2) is 28.1 Å². The summed E-state index contributed by atoms with van der Waals surface area (Å²) in [6.07, 6.45) is 4.93. The number of hydrogen-bond acceptors (Lipinski definition) is 3. The van der Waals surface area contributed by atoms with E-state index in [1.165, 1.54) is 12.3 Å². The molecule has 1 aliphatic carbocycles. The average molecular weight is 250 g/mol. The number of aryl methyl sites for hydroxylation is 1. The minimum Gasteiger partial charge on any atom is -0.394 e. The maximum atomic E-state index is 12.1. The van der Waals surface area contributed by atoms with Crippen LogP contribution >= 0.6 is 0 Å². The molecule has 0 radical (unpaired) electrons. The Balaban J connectivity index is 2.19. The third kappa shape index (κ3) is 2.46. The van der Waals surface area contributed by atoms with Crippen LogP contribution in [0, 0.1) is 6.92 Å². The molecule has 0 spiro atoms. The number of aliphatic hydroxyl groups excluding tert-OH is 1. The minimum atomic E-state index is -0.547. The Morgan fingerprint density at radius 3 is 2.72 bits per heavy atom. The molecule has 0 bridgehead atoms. The largest absolute Gasteiger partial charge is 0.394 e. The van der Waals surface area contributed by atoms with Crippen LogP contribution < -0.4 is 10.7 Å². The highest BCUT2D eigenvalue weighted by molar-refractivity contribution is 5.94. The summed E-state index contributed by atoms with van der Waals surface area (Å²) in [5, 5.41) is 12.2. The smallest absolute Gasteiger partial charge is 0.257 e. The van der Waals surface area contributed by atoms with Crippen LogP contribution in [-0.2, 0) is 0 Å². The quantitative estimate of drug-likeness (QED) is 0.739. The third-order valence-electron chi connectivity index (χ3n) is 3.54. The number of nitrogens with one attached hydrogen (secondary N) is 2. The van der Waals surface area contributed by atoms with Gasteiger partial charge in [-0.15, -0.1) is 0 Å². The van der Waals surface area contributed by atoms with Gasteiger partial charge in [-0.25, -0.2) is 0 Å². The molecule has 1 aromatic heterocycles. The number of carbonyl (C=O) groups excluding carboxylic acids is 1. The number of aromatic amines is 1. The second-order valence-corrected chi connectivity index (χ2v) is 4.99. The second kappa shape index (κ2) is 4.94. The van der Waals surface area contributed by atoms with E-state index in [1.807, 2.05) is 0 Å². The lowest BCUT2D eigenvalue weighted by molar-refractivity contribution is 0.0837. The molecule has 0 aromatic carbocycles. The maximum Gasteiger partial charge on any atom is 0.257 e. The van der Waals surface area contributed by atoms with Gasteiger partial charge in [-0.1, -0.05) is 12.8 Å². The first-order chi connectivity index (χ1) is 8.56. The predicted molar refractivity (Wildman–Crippen MR) is 67.6 cm³/mol. The number of H-pyrrole nitrogens is 1. The fourth-order valence-electron chi connectivity index (χ4n) is 2.43. The molecular formula is C13H18N2O3. The number of amides is 1. The highest BCUT2D eigenvalue weighted by Gasteiger charge is 2.35. The van der Waals surface area contributed by atoms with Crippen LogP contribution in [0.3, 0.4) is 0 Å². The summed E-state index contributed by atoms with van der Waals surface area (Å²) in [6, 6.07) is 1.40. The molecule has 0 atom stereocenters. The fourth-order valence-corrected chi connectivity index (χ4v) is 2.43. The lowest BCUT2D eigenvalue weighted by Crippen LogP contribution is -2.50. The van der Waals surface area contributed by atoms with E-state index in [2.05, 4.69) is 10.3 Å². The summed E-state index contributed by atoms with van der Waals surface area (Å²) in [5.41, 5.74) is -0.0292. The first kappa shape index (κ1) is 12.8. The zero-order chi connectivity index (χ0) is 13.2. The van der Waals surface area contributed by atoms with E-state index >= 15 is 0 Å². The molecule has 1 amide bonds. The van der Waals surface area contributed by atoms with E-state index in [0.717, 1.165) is 25.7 Å². The van der Waals surface area contributed by atoms with Gasteiger partial charge in [0, 0.05) is 18.0 Å². The Morgan fingerprint density at radius 1 is 1.50 bits per heavy atom. The van der Waals surface area contributed by atoms with Gasteiger partial charge in [-0.3, -0.25) is 9.59 Å². The molecule has 1 aromatic rings. The van der Waals surface area contributed by atoms with Gasteiger partial charge in [0.05, 0.1) is 12.1 Å². The van der Waals surface area contributed by atoms with Crippen molar-refractivity contribution in [3.8, 4) is 0 Å². The Kier molecular flexibility index (Phi) is 3.52. The van der Waals surface area contributed by atoms with Crippen molar-refractivity contribution in [2.75, 3.05) is 6.61 Å². The number of carbonyl (C=O) groups is 1. The Hall–Kier alpha value is -1.62. The summed E-state index contributed by atoms with van der Waals surface area (Å²) in [6.45, 7) is 1.68. The van der Waals surface area contributed by atoms with Crippen molar-refractivity contribution in [2.45, 2.75) is 38.1 Å². The third-order valence-corrected chi connectivity index (χ3v) is 3.54. The standard InChI is InChI=1S/C13H18N2O3/c1-9-6-11(17)10(7-14-9)12(18)15-13(8-16)4-2-3-5-13/h6-7,16H,2-5,8H2,1H3,(H,14,17)(H,15,18). The first-order valence-corrected chi connectivity index (χ1v) is 6.19. The first-order valence-electron chi connectivity index (χ1n) is 6.19. The van der Waals surface area contributed by atoms with Gasteiger partial charge in [0.2, 0.25) is 0 Å². The summed E-state index contributed by atoms with van der Waals surface area (Å²) in [5.74, 6) is -0.410. The van der Waals surface area contributed by atoms with E-state index < -0.39 is 11.4 Å². The molecule has 98 valence electrons. The van der Waals surface area contributed by atoms with Crippen molar-refractivity contribution in [1.82, 2.24) is 10.3 Å². The van der Waals surface area contributed by atoms with Gasteiger partial charge >= 0.3 is 0 Å². The number of aromatic nitrogens is 1. The molecule has 1 heterocycles. The van der Waals surface area contributed by atoms with Gasteiger partial charge in [-0.2, -0.15) is 0 Å². The molecule has 1 saturated carbocycles. The van der Waals surface area contributed by atoms with Gasteiger partial charge < -0.3 is 15.4 Å². The van der Waals surface area contributed by atoms with Crippen molar-refractivity contribution < 1.29 is 9.90 Å². The fraction of sp³-hybridized carbons (Fsp3) is 0.538. The van der Waals surface area contributed by atoms with E-state index in [9.17, 15) is 14.7 Å². The van der Waals surface area contributed by atoms with Crippen LogP contribution in [0.25, 0.3) is 0 Å². The lowest BCUT2D eigenvalue weighted by Gasteiger charge is -2.27. The molecule has 2 rings (SSSR count). The molecule has 0 saturated heterocycles. The van der Waals surface area contributed by atoms with Crippen molar-refractivity contribution in [3.63, 3.8) is 0 Å². The summed E-state index contributed by atoms with van der Waals surface area (Å²) < 4.78 is 0. The van der Waals surface area contributed by atoms with E-state index in [1.54, 1.807) is 6.92 Å². The zero-order valence-electron chi connectivity index (χ0n) is 10.5. The Labute approximate surface area is 105 Å². The molecule has 5 nitrogen and oxygen atoms in total. The Morgan fingerprint density at radius 2 is 2.17 bits per heavy atom. The Bertz CT molecular complexity index is 501. The number of aliphatic hydroxyl groups is 1. The maximum absolute atomic E-state index is 12.1. The van der Waals surface area contributed by atoms with Crippen LogP contribution in [0.15, 0.2) is 17.1 Å². The van der Waals surface area contributed by atoms with Crippen LogP contribution in [0.1, 0.15) is 41.7 Å². The summed E-state index contributed by atoms with van der Waals surface area (Å²) >= 11 is 0. The van der Waals surface area contributed by atoms with Crippen LogP contribution in [0.4, 0.5) is 0 Å². The highest BCUT2D eigenvalue weighted by Crippen LogP contribution is 2.29. The second-order valence-electron chi connectivity index (χ2n) is 4.99. The van der Waals surface area contributed by atoms with E-state index in [4.69, 9.17) is 0 Å². The number of hydrogen-bond donors (Lipinski definition) is 3. The molecule has 0 aliphatic heterocycles. The van der Waals surface area contributed by atoms with Crippen LogP contribution in [0.5, 0.6) is 0 Å². The molecule has 1 fully saturated rings. The number of pyridine rings is 1. The predicted octanol–water partition coefficient (Wildman–Crippen LogP) is 0.718. The summed E-state index contributed by atoms with van der Waals surface area (Å²) in [4.78, 5) is 26.6. The van der Waals surface area contributed by atoms with Gasteiger partial charge in [0.1, 0.15) is 5.56 Å². The van der Waals surface area contributed by atoms with Crippen molar-refractivity contribution >= 4 is 5.91 Å². The molecule has 18 heavy (non-hydrogen) atoms. The van der Waals surface area contributed by atoms with Crippen molar-refractivity contribution in [1.29, 1.82) is 0 Å². The topological polar surface area (TPSA) is 82.2 Å². The molecule has 0 unspecified atom stereocenters. The lowest BCUT2D eigenvalue weighted by atomic mass is 9.98. The average Bonchev–Trinajstić information content (AvgIpc) is 2.78. The molecular weight excluding hydrogens is 232 g/mol. The van der Waals surface area contributed by atoms with Crippen LogP contribution in [0.2, 0.25) is 0 Å². The minimum absolute atomic E-state index is 0.0808. The molecule has 3 N–H and O–H groups in total. The summed E-state index contributed by atoms with van der Waals surface area (Å²) in [7, 11) is 0. The SMILES string of the molecule is Cc1cc(=O)c(C(=O)NC2(CO)CCCC2)c[nH]1. The van der Waals surface area contributed by atoms with Gasteiger partial charge in [-0.05, 0) is 19.8 Å². The van der Waals surface area contributed by atoms with E-state index in [-0.39, 0.29) is 17.6 Å². The van der Waals surface area contributed by atoms with E-state index in [0.29, 0.717) is 5.69 Å².